The van der Waals surface area contributed by atoms with Crippen LogP contribution < -0.4 is 0 Å². The molecule has 1 aromatic carbocycles. The highest BCUT2D eigenvalue weighted by atomic mass is 35.5. The molecule has 1 aromatic heterocycles. The summed E-state index contributed by atoms with van der Waals surface area (Å²) in [6.07, 6.45) is 0.721. The summed E-state index contributed by atoms with van der Waals surface area (Å²) in [6, 6.07) is 7.44. The zero-order valence-electron chi connectivity index (χ0n) is 9.15. The van der Waals surface area contributed by atoms with Crippen LogP contribution in [0.5, 0.6) is 0 Å². The maximum Gasteiger partial charge on any atom is 0.155 e. The minimum Gasteiger partial charge on any atom is -0.298 e. The van der Waals surface area contributed by atoms with Crippen LogP contribution >= 0.6 is 23.2 Å². The Bertz CT molecular complexity index is 564. The molecule has 0 aliphatic heterocycles. The van der Waals surface area contributed by atoms with Crippen LogP contribution in [0, 0.1) is 6.92 Å². The molecule has 0 unspecified atom stereocenters. The number of carbonyl (C=O) groups is 1. The zero-order chi connectivity index (χ0) is 12.4. The highest BCUT2D eigenvalue weighted by Crippen LogP contribution is 2.19. The van der Waals surface area contributed by atoms with Gasteiger partial charge < -0.3 is 0 Å². The SMILES string of the molecule is Cc1nn(Cc2cccc(Cl)c2)c(Cl)c1C=O. The second-order valence-electron chi connectivity index (χ2n) is 3.70. The summed E-state index contributed by atoms with van der Waals surface area (Å²) in [7, 11) is 0. The minimum atomic E-state index is 0.359. The quantitative estimate of drug-likeness (QED) is 0.801. The Morgan fingerprint density at radius 3 is 2.76 bits per heavy atom. The first kappa shape index (κ1) is 12.1. The number of benzene rings is 1. The Kier molecular flexibility index (Phi) is 3.50. The molecule has 2 aromatic rings. The van der Waals surface area contributed by atoms with Gasteiger partial charge in [-0.25, -0.2) is 4.68 Å². The van der Waals surface area contributed by atoms with Gasteiger partial charge in [-0.3, -0.25) is 4.79 Å². The topological polar surface area (TPSA) is 34.9 Å². The van der Waals surface area contributed by atoms with E-state index in [0.29, 0.717) is 28.0 Å². The van der Waals surface area contributed by atoms with Crippen LogP contribution in [0.4, 0.5) is 0 Å². The van der Waals surface area contributed by atoms with E-state index in [4.69, 9.17) is 23.2 Å². The van der Waals surface area contributed by atoms with Crippen molar-refractivity contribution >= 4 is 29.5 Å². The molecule has 1 heterocycles. The molecule has 0 aliphatic carbocycles. The molecule has 0 spiro atoms. The van der Waals surface area contributed by atoms with Crippen molar-refractivity contribution in [3.8, 4) is 0 Å². The molecule has 0 saturated carbocycles. The van der Waals surface area contributed by atoms with Crippen molar-refractivity contribution in [2.75, 3.05) is 0 Å². The van der Waals surface area contributed by atoms with Crippen molar-refractivity contribution in [1.29, 1.82) is 0 Å². The average molecular weight is 269 g/mol. The Labute approximate surface area is 109 Å². The smallest absolute Gasteiger partial charge is 0.155 e. The van der Waals surface area contributed by atoms with E-state index < -0.39 is 0 Å². The van der Waals surface area contributed by atoms with Crippen molar-refractivity contribution in [2.24, 2.45) is 0 Å². The molecule has 3 nitrogen and oxygen atoms in total. The van der Waals surface area contributed by atoms with Crippen LogP contribution in [0.25, 0.3) is 0 Å². The molecular weight excluding hydrogens is 259 g/mol. The Hall–Kier alpha value is -1.32. The zero-order valence-corrected chi connectivity index (χ0v) is 10.7. The molecular formula is C12H10Cl2N2O. The van der Waals surface area contributed by atoms with Gasteiger partial charge in [-0.2, -0.15) is 5.10 Å². The summed E-state index contributed by atoms with van der Waals surface area (Å²) in [6.45, 7) is 2.25. The average Bonchev–Trinajstić information content (AvgIpc) is 2.54. The lowest BCUT2D eigenvalue weighted by Gasteiger charge is -2.03. The molecule has 88 valence electrons. The molecule has 0 bridgehead atoms. The van der Waals surface area contributed by atoms with E-state index in [1.807, 2.05) is 18.2 Å². The van der Waals surface area contributed by atoms with Crippen molar-refractivity contribution in [3.63, 3.8) is 0 Å². The van der Waals surface area contributed by atoms with Gasteiger partial charge >= 0.3 is 0 Å². The number of aromatic nitrogens is 2. The van der Waals surface area contributed by atoms with Gasteiger partial charge in [-0.15, -0.1) is 0 Å². The largest absolute Gasteiger partial charge is 0.298 e. The summed E-state index contributed by atoms with van der Waals surface area (Å²) < 4.78 is 1.59. The first-order chi connectivity index (χ1) is 8.11. The molecule has 0 aliphatic rings. The molecule has 0 fully saturated rings. The van der Waals surface area contributed by atoms with Gasteiger partial charge in [0.1, 0.15) is 5.15 Å². The van der Waals surface area contributed by atoms with Crippen molar-refractivity contribution in [2.45, 2.75) is 13.5 Å². The normalized spacial score (nSPS) is 10.5. The number of aldehydes is 1. The van der Waals surface area contributed by atoms with E-state index in [1.54, 1.807) is 17.7 Å². The van der Waals surface area contributed by atoms with Crippen LogP contribution in [-0.2, 0) is 6.54 Å². The number of carbonyl (C=O) groups excluding carboxylic acids is 1. The highest BCUT2D eigenvalue weighted by molar-refractivity contribution is 6.32. The van der Waals surface area contributed by atoms with Crippen LogP contribution in [-0.4, -0.2) is 16.1 Å². The van der Waals surface area contributed by atoms with Gasteiger partial charge in [0.25, 0.3) is 0 Å². The van der Waals surface area contributed by atoms with Crippen LogP contribution in [0.1, 0.15) is 21.6 Å². The Morgan fingerprint density at radius 2 is 2.18 bits per heavy atom. The van der Waals surface area contributed by atoms with Crippen molar-refractivity contribution in [3.05, 3.63) is 51.3 Å². The number of rotatable bonds is 3. The van der Waals surface area contributed by atoms with E-state index in [2.05, 4.69) is 5.10 Å². The van der Waals surface area contributed by atoms with E-state index in [1.165, 1.54) is 0 Å². The fraction of sp³-hybridized carbons (Fsp3) is 0.167. The molecule has 0 saturated heterocycles. The minimum absolute atomic E-state index is 0.359. The first-order valence-electron chi connectivity index (χ1n) is 5.04. The first-order valence-corrected chi connectivity index (χ1v) is 5.80. The molecule has 0 N–H and O–H groups in total. The predicted molar refractivity (Wildman–Crippen MR) is 67.9 cm³/mol. The maximum absolute atomic E-state index is 10.8. The van der Waals surface area contributed by atoms with Gasteiger partial charge in [0.05, 0.1) is 17.8 Å². The molecule has 17 heavy (non-hydrogen) atoms. The van der Waals surface area contributed by atoms with Crippen LogP contribution in [0.3, 0.4) is 0 Å². The molecule has 2 rings (SSSR count). The van der Waals surface area contributed by atoms with E-state index in [9.17, 15) is 4.79 Å². The lowest BCUT2D eigenvalue weighted by atomic mass is 10.2. The highest BCUT2D eigenvalue weighted by Gasteiger charge is 2.12. The standard InChI is InChI=1S/C12H10Cl2N2O/c1-8-11(7-17)12(14)16(15-8)6-9-3-2-4-10(13)5-9/h2-5,7H,6H2,1H3. The summed E-state index contributed by atoms with van der Waals surface area (Å²) in [5.74, 6) is 0. The van der Waals surface area contributed by atoms with Gasteiger partial charge in [-0.1, -0.05) is 35.3 Å². The fourth-order valence-electron chi connectivity index (χ4n) is 1.61. The third-order valence-electron chi connectivity index (χ3n) is 2.45. The monoisotopic (exact) mass is 268 g/mol. The Balaban J connectivity index is 2.33. The van der Waals surface area contributed by atoms with Gasteiger partial charge in [-0.05, 0) is 24.6 Å². The number of halogens is 2. The number of nitrogens with zero attached hydrogens (tertiary/aromatic N) is 2. The second kappa shape index (κ2) is 4.90. The lowest BCUT2D eigenvalue weighted by molar-refractivity contribution is 0.112. The number of aryl methyl sites for hydroxylation is 1. The molecule has 0 radical (unpaired) electrons. The van der Waals surface area contributed by atoms with Crippen LogP contribution in [0.2, 0.25) is 10.2 Å². The summed E-state index contributed by atoms with van der Waals surface area (Å²) in [5.41, 5.74) is 2.06. The molecule has 0 amide bonds. The summed E-state index contributed by atoms with van der Waals surface area (Å²) >= 11 is 12.0. The van der Waals surface area contributed by atoms with E-state index in [-0.39, 0.29) is 0 Å². The molecule has 0 atom stereocenters. The fourth-order valence-corrected chi connectivity index (χ4v) is 2.11. The van der Waals surface area contributed by atoms with Crippen LogP contribution in [0.15, 0.2) is 24.3 Å². The third-order valence-corrected chi connectivity index (χ3v) is 3.08. The van der Waals surface area contributed by atoms with Gasteiger partial charge in [0, 0.05) is 5.02 Å². The second-order valence-corrected chi connectivity index (χ2v) is 4.49. The van der Waals surface area contributed by atoms with Crippen molar-refractivity contribution in [1.82, 2.24) is 9.78 Å². The van der Waals surface area contributed by atoms with E-state index in [0.717, 1.165) is 11.8 Å². The predicted octanol–water partition coefficient (Wildman–Crippen LogP) is 3.36. The molecule has 5 heteroatoms. The van der Waals surface area contributed by atoms with Crippen molar-refractivity contribution < 1.29 is 4.79 Å². The lowest BCUT2D eigenvalue weighted by Crippen LogP contribution is -2.02. The number of hydrogen-bond donors (Lipinski definition) is 0. The summed E-state index contributed by atoms with van der Waals surface area (Å²) in [4.78, 5) is 10.8. The summed E-state index contributed by atoms with van der Waals surface area (Å²) in [5, 5.41) is 5.24. The Morgan fingerprint density at radius 1 is 1.41 bits per heavy atom. The maximum atomic E-state index is 10.8. The van der Waals surface area contributed by atoms with Gasteiger partial charge in [0.15, 0.2) is 6.29 Å². The third kappa shape index (κ3) is 2.51. The van der Waals surface area contributed by atoms with E-state index >= 15 is 0 Å². The number of hydrogen-bond acceptors (Lipinski definition) is 2. The van der Waals surface area contributed by atoms with Gasteiger partial charge in [0.2, 0.25) is 0 Å².